The zero-order chi connectivity index (χ0) is 14.1. The number of sulfone groups is 1. The van der Waals surface area contributed by atoms with Gasteiger partial charge in [0.25, 0.3) is 0 Å². The molecule has 0 saturated heterocycles. The Morgan fingerprint density at radius 2 is 1.79 bits per heavy atom. The lowest BCUT2D eigenvalue weighted by Gasteiger charge is -2.10. The zero-order valence-electron chi connectivity index (χ0n) is 11.4. The summed E-state index contributed by atoms with van der Waals surface area (Å²) in [4.78, 5) is 11.3. The van der Waals surface area contributed by atoms with Crippen molar-refractivity contribution in [2.75, 3.05) is 5.75 Å². The molecule has 4 heteroatoms. The number of aldehydes is 1. The van der Waals surface area contributed by atoms with E-state index >= 15 is 0 Å². The van der Waals surface area contributed by atoms with Crippen LogP contribution in [0.1, 0.15) is 39.0 Å². The van der Waals surface area contributed by atoms with Gasteiger partial charge in [-0.25, -0.2) is 8.42 Å². The Labute approximate surface area is 116 Å². The van der Waals surface area contributed by atoms with Crippen LogP contribution in [0, 0.1) is 5.92 Å². The fourth-order valence-corrected chi connectivity index (χ4v) is 3.60. The molecule has 0 aromatic heterocycles. The average molecular weight is 282 g/mol. The molecular weight excluding hydrogens is 260 g/mol. The Kier molecular flexibility index (Phi) is 6.78. The molecular formula is C15H22O3S. The van der Waals surface area contributed by atoms with Gasteiger partial charge in [0.05, 0.1) is 10.6 Å². The van der Waals surface area contributed by atoms with Crippen LogP contribution < -0.4 is 0 Å². The van der Waals surface area contributed by atoms with Gasteiger partial charge in [-0.3, -0.25) is 0 Å². The summed E-state index contributed by atoms with van der Waals surface area (Å²) in [6, 6.07) is 8.33. The van der Waals surface area contributed by atoms with Gasteiger partial charge in [-0.2, -0.15) is 0 Å². The van der Waals surface area contributed by atoms with Crippen molar-refractivity contribution in [1.82, 2.24) is 0 Å². The number of carbonyl (C=O) groups is 1. The molecule has 0 N–H and O–H groups in total. The number of hydrogen-bond donors (Lipinski definition) is 0. The first-order valence-corrected chi connectivity index (χ1v) is 8.48. The lowest BCUT2D eigenvalue weighted by Crippen LogP contribution is -2.17. The highest BCUT2D eigenvalue weighted by Crippen LogP contribution is 2.17. The molecule has 106 valence electrons. The van der Waals surface area contributed by atoms with Crippen molar-refractivity contribution in [3.8, 4) is 0 Å². The largest absolute Gasteiger partial charge is 0.303 e. The number of benzene rings is 1. The van der Waals surface area contributed by atoms with Crippen LogP contribution in [0.25, 0.3) is 0 Å². The van der Waals surface area contributed by atoms with Gasteiger partial charge in [0.15, 0.2) is 9.84 Å². The summed E-state index contributed by atoms with van der Waals surface area (Å²) >= 11 is 0. The quantitative estimate of drug-likeness (QED) is 0.516. The second kappa shape index (κ2) is 8.10. The molecule has 1 aromatic carbocycles. The number of rotatable bonds is 9. The fraction of sp³-hybridized carbons (Fsp3) is 0.533. The molecule has 0 aliphatic rings. The summed E-state index contributed by atoms with van der Waals surface area (Å²) < 4.78 is 24.3. The molecule has 0 saturated carbocycles. The lowest BCUT2D eigenvalue weighted by molar-refractivity contribution is -0.110. The minimum Gasteiger partial charge on any atom is -0.303 e. The standard InChI is InChI=1S/C15H22O3S/c1-2-3-4-6-9-14(12-16)13-19(17,18)15-10-7-5-8-11-15/h5,7-8,10-12,14H,2-4,6,9,13H2,1H3/t14-/m0/s1. The van der Waals surface area contributed by atoms with Crippen LogP contribution >= 0.6 is 0 Å². The number of carbonyl (C=O) groups excluding carboxylic acids is 1. The molecule has 0 spiro atoms. The van der Waals surface area contributed by atoms with Crippen LogP contribution in [0.3, 0.4) is 0 Å². The van der Waals surface area contributed by atoms with Gasteiger partial charge in [0, 0.05) is 5.92 Å². The Morgan fingerprint density at radius 3 is 2.37 bits per heavy atom. The number of hydrogen-bond acceptors (Lipinski definition) is 3. The van der Waals surface area contributed by atoms with Gasteiger partial charge in [-0.15, -0.1) is 0 Å². The molecule has 1 rings (SSSR count). The molecule has 1 aromatic rings. The molecule has 0 heterocycles. The molecule has 3 nitrogen and oxygen atoms in total. The first-order chi connectivity index (χ1) is 9.10. The Balaban J connectivity index is 2.57. The molecule has 0 aliphatic heterocycles. The predicted octanol–water partition coefficient (Wildman–Crippen LogP) is 3.25. The molecule has 0 amide bonds. The second-order valence-electron chi connectivity index (χ2n) is 4.84. The van der Waals surface area contributed by atoms with Crippen LogP contribution in [0.15, 0.2) is 35.2 Å². The minimum absolute atomic E-state index is 0.0767. The minimum atomic E-state index is -3.35. The monoisotopic (exact) mass is 282 g/mol. The molecule has 0 unspecified atom stereocenters. The van der Waals surface area contributed by atoms with E-state index in [0.717, 1.165) is 32.0 Å². The summed E-state index contributed by atoms with van der Waals surface area (Å²) in [7, 11) is -3.35. The van der Waals surface area contributed by atoms with E-state index in [-0.39, 0.29) is 11.7 Å². The second-order valence-corrected chi connectivity index (χ2v) is 6.87. The highest BCUT2D eigenvalue weighted by atomic mass is 32.2. The van der Waals surface area contributed by atoms with E-state index in [9.17, 15) is 13.2 Å². The van der Waals surface area contributed by atoms with Crippen molar-refractivity contribution >= 4 is 16.1 Å². The summed E-state index contributed by atoms with van der Waals surface area (Å²) in [6.07, 6.45) is 5.70. The van der Waals surface area contributed by atoms with Gasteiger partial charge in [0.2, 0.25) is 0 Å². The third-order valence-electron chi connectivity index (χ3n) is 3.16. The highest BCUT2D eigenvalue weighted by molar-refractivity contribution is 7.91. The smallest absolute Gasteiger partial charge is 0.179 e. The van der Waals surface area contributed by atoms with E-state index in [1.165, 1.54) is 0 Å². The van der Waals surface area contributed by atoms with Crippen molar-refractivity contribution in [3.63, 3.8) is 0 Å². The maximum absolute atomic E-state index is 12.1. The van der Waals surface area contributed by atoms with Crippen LogP contribution in [0.2, 0.25) is 0 Å². The Hall–Kier alpha value is -1.16. The molecule has 0 bridgehead atoms. The van der Waals surface area contributed by atoms with Crippen LogP contribution in [0.4, 0.5) is 0 Å². The highest BCUT2D eigenvalue weighted by Gasteiger charge is 2.20. The summed E-state index contributed by atoms with van der Waals surface area (Å²) in [6.45, 7) is 2.12. The third-order valence-corrected chi connectivity index (χ3v) is 5.01. The molecule has 0 aliphatic carbocycles. The first-order valence-electron chi connectivity index (χ1n) is 6.83. The predicted molar refractivity (Wildman–Crippen MR) is 76.8 cm³/mol. The van der Waals surface area contributed by atoms with E-state index in [0.29, 0.717) is 11.3 Å². The average Bonchev–Trinajstić information content (AvgIpc) is 2.43. The number of unbranched alkanes of at least 4 members (excludes halogenated alkanes) is 3. The summed E-state index contributed by atoms with van der Waals surface area (Å²) in [5.41, 5.74) is 0. The van der Waals surface area contributed by atoms with Gasteiger partial charge < -0.3 is 4.79 Å². The maximum atomic E-state index is 12.1. The Morgan fingerprint density at radius 1 is 1.11 bits per heavy atom. The first kappa shape index (κ1) is 15.9. The molecule has 0 fully saturated rings. The van der Waals surface area contributed by atoms with Crippen molar-refractivity contribution < 1.29 is 13.2 Å². The van der Waals surface area contributed by atoms with E-state index in [2.05, 4.69) is 6.92 Å². The topological polar surface area (TPSA) is 51.2 Å². The third kappa shape index (κ3) is 5.55. The van der Waals surface area contributed by atoms with Crippen LogP contribution in [-0.4, -0.2) is 20.5 Å². The summed E-state index contributed by atoms with van der Waals surface area (Å²) in [5.74, 6) is -0.464. The van der Waals surface area contributed by atoms with Gasteiger partial charge in [-0.05, 0) is 18.6 Å². The van der Waals surface area contributed by atoms with E-state index in [1.54, 1.807) is 30.3 Å². The SMILES string of the molecule is CCCCCC[C@@H](C=O)CS(=O)(=O)c1ccccc1. The van der Waals surface area contributed by atoms with E-state index in [1.807, 2.05) is 0 Å². The van der Waals surface area contributed by atoms with Crippen molar-refractivity contribution in [3.05, 3.63) is 30.3 Å². The molecule has 0 radical (unpaired) electrons. The Bertz CT molecular complexity index is 465. The molecule has 19 heavy (non-hydrogen) atoms. The zero-order valence-corrected chi connectivity index (χ0v) is 12.2. The summed E-state index contributed by atoms with van der Waals surface area (Å²) in [5, 5.41) is 0. The van der Waals surface area contributed by atoms with Gasteiger partial charge in [-0.1, -0.05) is 50.8 Å². The normalized spacial score (nSPS) is 13.1. The van der Waals surface area contributed by atoms with Crippen LogP contribution in [0.5, 0.6) is 0 Å². The van der Waals surface area contributed by atoms with Crippen LogP contribution in [-0.2, 0) is 14.6 Å². The maximum Gasteiger partial charge on any atom is 0.179 e. The van der Waals surface area contributed by atoms with Gasteiger partial charge in [0.1, 0.15) is 6.29 Å². The van der Waals surface area contributed by atoms with E-state index in [4.69, 9.17) is 0 Å². The van der Waals surface area contributed by atoms with E-state index < -0.39 is 9.84 Å². The van der Waals surface area contributed by atoms with Gasteiger partial charge >= 0.3 is 0 Å². The van der Waals surface area contributed by atoms with Crippen molar-refractivity contribution in [1.29, 1.82) is 0 Å². The van der Waals surface area contributed by atoms with Crippen molar-refractivity contribution in [2.45, 2.75) is 43.9 Å². The lowest BCUT2D eigenvalue weighted by atomic mass is 10.0. The molecule has 1 atom stereocenters. The van der Waals surface area contributed by atoms with Crippen molar-refractivity contribution in [2.24, 2.45) is 5.92 Å². The fourth-order valence-electron chi connectivity index (χ4n) is 2.03.